The molecule has 1 nitrogen and oxygen atoms in total. The predicted octanol–water partition coefficient (Wildman–Crippen LogP) is 3.44. The second-order valence-corrected chi connectivity index (χ2v) is 4.70. The number of hydrogen-bond acceptors (Lipinski definition) is 1. The van der Waals surface area contributed by atoms with Gasteiger partial charge in [-0.3, -0.25) is 0 Å². The van der Waals surface area contributed by atoms with E-state index < -0.39 is 11.4 Å². The second-order valence-electron chi connectivity index (χ2n) is 3.44. The van der Waals surface area contributed by atoms with Gasteiger partial charge in [0.05, 0.1) is 5.02 Å². The highest BCUT2D eigenvalue weighted by molar-refractivity contribution is 9.10. The topological polar surface area (TPSA) is 26.0 Å². The van der Waals surface area contributed by atoms with Crippen molar-refractivity contribution in [2.75, 3.05) is 0 Å². The first-order valence-corrected chi connectivity index (χ1v) is 4.94. The van der Waals surface area contributed by atoms with E-state index in [1.54, 1.807) is 19.9 Å². The van der Waals surface area contributed by atoms with Crippen molar-refractivity contribution in [3.05, 3.63) is 33.0 Å². The molecule has 1 rings (SSSR count). The average Bonchev–Trinajstić information content (AvgIpc) is 1.95. The van der Waals surface area contributed by atoms with Gasteiger partial charge in [0.2, 0.25) is 0 Å². The van der Waals surface area contributed by atoms with Crippen LogP contribution in [0.25, 0.3) is 0 Å². The number of rotatable bonds is 1. The Kier molecular flexibility index (Phi) is 3.00. The zero-order valence-electron chi connectivity index (χ0n) is 7.37. The summed E-state index contributed by atoms with van der Waals surface area (Å²) in [6.07, 6.45) is 0. The standard InChI is InChI=1S/C9H10BrClFN/c1-9(2,13)7-5(10)3-4-6(11)8(7)12/h3-4H,13H2,1-2H3. The Bertz CT molecular complexity index is 333. The molecule has 0 saturated heterocycles. The highest BCUT2D eigenvalue weighted by Crippen LogP contribution is 2.32. The van der Waals surface area contributed by atoms with Crippen LogP contribution in [0.3, 0.4) is 0 Å². The second kappa shape index (κ2) is 3.56. The third kappa shape index (κ3) is 2.22. The molecule has 0 heterocycles. The fraction of sp³-hybridized carbons (Fsp3) is 0.333. The molecule has 1 aromatic rings. The molecule has 0 bridgehead atoms. The highest BCUT2D eigenvalue weighted by Gasteiger charge is 2.23. The van der Waals surface area contributed by atoms with Gasteiger partial charge in [-0.15, -0.1) is 0 Å². The average molecular weight is 267 g/mol. The Balaban J connectivity index is 3.43. The van der Waals surface area contributed by atoms with Crippen LogP contribution in [0, 0.1) is 5.82 Å². The Labute approximate surface area is 90.2 Å². The van der Waals surface area contributed by atoms with E-state index in [2.05, 4.69) is 15.9 Å². The van der Waals surface area contributed by atoms with Crippen LogP contribution >= 0.6 is 27.5 Å². The van der Waals surface area contributed by atoms with Gasteiger partial charge in [-0.05, 0) is 26.0 Å². The molecule has 0 aliphatic rings. The van der Waals surface area contributed by atoms with Crippen LogP contribution in [-0.4, -0.2) is 0 Å². The summed E-state index contributed by atoms with van der Waals surface area (Å²) in [7, 11) is 0. The predicted molar refractivity (Wildman–Crippen MR) is 56.3 cm³/mol. The Morgan fingerprint density at radius 1 is 1.46 bits per heavy atom. The minimum atomic E-state index is -0.742. The van der Waals surface area contributed by atoms with Gasteiger partial charge >= 0.3 is 0 Å². The van der Waals surface area contributed by atoms with E-state index in [1.165, 1.54) is 6.07 Å². The quantitative estimate of drug-likeness (QED) is 0.774. The van der Waals surface area contributed by atoms with E-state index in [-0.39, 0.29) is 5.02 Å². The lowest BCUT2D eigenvalue weighted by molar-refractivity contribution is 0.499. The molecule has 0 unspecified atom stereocenters. The zero-order chi connectivity index (χ0) is 10.2. The fourth-order valence-corrected chi connectivity index (χ4v) is 2.09. The molecule has 0 aliphatic heterocycles. The van der Waals surface area contributed by atoms with Crippen molar-refractivity contribution in [3.8, 4) is 0 Å². The van der Waals surface area contributed by atoms with E-state index in [9.17, 15) is 4.39 Å². The number of nitrogens with two attached hydrogens (primary N) is 1. The van der Waals surface area contributed by atoms with Crippen LogP contribution in [0.5, 0.6) is 0 Å². The monoisotopic (exact) mass is 265 g/mol. The molecule has 0 fully saturated rings. The summed E-state index contributed by atoms with van der Waals surface area (Å²) in [5.41, 5.74) is 5.46. The summed E-state index contributed by atoms with van der Waals surface area (Å²) in [5.74, 6) is -0.455. The van der Waals surface area contributed by atoms with Crippen molar-refractivity contribution >= 4 is 27.5 Å². The SMILES string of the molecule is CC(C)(N)c1c(Br)ccc(Cl)c1F. The molecule has 72 valence electrons. The lowest BCUT2D eigenvalue weighted by Crippen LogP contribution is -2.30. The number of hydrogen-bond donors (Lipinski definition) is 1. The summed E-state index contributed by atoms with van der Waals surface area (Å²) in [4.78, 5) is 0. The molecule has 0 aliphatic carbocycles. The molecule has 0 amide bonds. The summed E-state index contributed by atoms with van der Waals surface area (Å²) in [6, 6.07) is 3.19. The maximum atomic E-state index is 13.5. The van der Waals surface area contributed by atoms with Gasteiger partial charge in [-0.2, -0.15) is 0 Å². The maximum absolute atomic E-state index is 13.5. The number of halogens is 3. The molecule has 0 radical (unpaired) electrons. The highest BCUT2D eigenvalue weighted by atomic mass is 79.9. The minimum absolute atomic E-state index is 0.0942. The van der Waals surface area contributed by atoms with Gasteiger partial charge < -0.3 is 5.73 Å². The van der Waals surface area contributed by atoms with E-state index >= 15 is 0 Å². The number of benzene rings is 1. The summed E-state index contributed by atoms with van der Waals surface area (Å²) in [5, 5.41) is 0.0942. The lowest BCUT2D eigenvalue weighted by Gasteiger charge is -2.21. The molecule has 0 aromatic heterocycles. The van der Waals surface area contributed by atoms with Crippen LogP contribution in [0.15, 0.2) is 16.6 Å². The first-order valence-electron chi connectivity index (χ1n) is 3.77. The first kappa shape index (κ1) is 11.0. The van der Waals surface area contributed by atoms with E-state index in [0.29, 0.717) is 10.0 Å². The van der Waals surface area contributed by atoms with Gasteiger partial charge in [-0.25, -0.2) is 4.39 Å². The molecule has 0 spiro atoms. The van der Waals surface area contributed by atoms with E-state index in [4.69, 9.17) is 17.3 Å². The Morgan fingerprint density at radius 2 is 2.00 bits per heavy atom. The fourth-order valence-electron chi connectivity index (χ4n) is 1.12. The molecular weight excluding hydrogens is 256 g/mol. The van der Waals surface area contributed by atoms with Gasteiger partial charge in [0.25, 0.3) is 0 Å². The van der Waals surface area contributed by atoms with Crippen LogP contribution in [-0.2, 0) is 5.54 Å². The molecular formula is C9H10BrClFN. The van der Waals surface area contributed by atoms with Crippen molar-refractivity contribution in [1.82, 2.24) is 0 Å². The minimum Gasteiger partial charge on any atom is -0.322 e. The van der Waals surface area contributed by atoms with Crippen LogP contribution in [0.2, 0.25) is 5.02 Å². The van der Waals surface area contributed by atoms with Crippen molar-refractivity contribution in [2.24, 2.45) is 5.73 Å². The van der Waals surface area contributed by atoms with Crippen molar-refractivity contribution < 1.29 is 4.39 Å². The summed E-state index contributed by atoms with van der Waals surface area (Å²) in [6.45, 7) is 3.46. The Morgan fingerprint density at radius 3 is 2.38 bits per heavy atom. The van der Waals surface area contributed by atoms with Crippen LogP contribution in [0.1, 0.15) is 19.4 Å². The normalized spacial score (nSPS) is 11.8. The third-order valence-corrected chi connectivity index (χ3v) is 2.64. The molecule has 4 heteroatoms. The summed E-state index contributed by atoms with van der Waals surface area (Å²) >= 11 is 8.88. The third-order valence-electron chi connectivity index (χ3n) is 1.69. The van der Waals surface area contributed by atoms with Gasteiger partial charge in [0.15, 0.2) is 0 Å². The van der Waals surface area contributed by atoms with E-state index in [1.807, 2.05) is 0 Å². The lowest BCUT2D eigenvalue weighted by atomic mass is 9.95. The van der Waals surface area contributed by atoms with Crippen molar-refractivity contribution in [1.29, 1.82) is 0 Å². The molecule has 2 N–H and O–H groups in total. The van der Waals surface area contributed by atoms with Crippen LogP contribution in [0.4, 0.5) is 4.39 Å². The van der Waals surface area contributed by atoms with E-state index in [0.717, 1.165) is 0 Å². The van der Waals surface area contributed by atoms with Crippen molar-refractivity contribution in [2.45, 2.75) is 19.4 Å². The molecule has 0 atom stereocenters. The molecule has 0 saturated carbocycles. The van der Waals surface area contributed by atoms with Crippen LogP contribution < -0.4 is 5.73 Å². The van der Waals surface area contributed by atoms with Gasteiger partial charge in [0.1, 0.15) is 5.82 Å². The largest absolute Gasteiger partial charge is 0.322 e. The summed E-state index contributed by atoms with van der Waals surface area (Å²) < 4.78 is 14.2. The van der Waals surface area contributed by atoms with Gasteiger partial charge in [0, 0.05) is 15.6 Å². The zero-order valence-corrected chi connectivity index (χ0v) is 9.71. The maximum Gasteiger partial charge on any atom is 0.147 e. The Hall–Kier alpha value is -0.120. The van der Waals surface area contributed by atoms with Crippen molar-refractivity contribution in [3.63, 3.8) is 0 Å². The molecule has 13 heavy (non-hydrogen) atoms. The van der Waals surface area contributed by atoms with Gasteiger partial charge in [-0.1, -0.05) is 27.5 Å². The molecule has 1 aromatic carbocycles. The first-order chi connectivity index (χ1) is 5.84. The smallest absolute Gasteiger partial charge is 0.147 e.